The zero-order chi connectivity index (χ0) is 17.6. The van der Waals surface area contributed by atoms with Crippen LogP contribution in [-0.2, 0) is 18.1 Å². The van der Waals surface area contributed by atoms with Crippen LogP contribution in [0.3, 0.4) is 0 Å². The number of aliphatic hydroxyl groups excluding tert-OH is 1. The van der Waals surface area contributed by atoms with Gasteiger partial charge in [-0.25, -0.2) is 0 Å². The number of amides is 1. The van der Waals surface area contributed by atoms with E-state index >= 15 is 0 Å². The Morgan fingerprint density at radius 1 is 1.04 bits per heavy atom. The molecular weight excluding hydrogens is 314 g/mol. The molecule has 138 valence electrons. The van der Waals surface area contributed by atoms with Crippen LogP contribution >= 0.6 is 0 Å². The Hall–Kier alpha value is -0.473. The summed E-state index contributed by atoms with van der Waals surface area (Å²) < 4.78 is 16.0. The van der Waals surface area contributed by atoms with E-state index in [1.807, 2.05) is 0 Å². The fourth-order valence-corrected chi connectivity index (χ4v) is 4.15. The van der Waals surface area contributed by atoms with Gasteiger partial charge in [-0.15, -0.1) is 0 Å². The molecule has 0 saturated heterocycles. The molecular formula is C16H35NO5Si. The molecule has 0 rings (SSSR count). The van der Waals surface area contributed by atoms with Crippen LogP contribution in [0.1, 0.15) is 58.3 Å². The maximum Gasteiger partial charge on any atom is 0.500 e. The SMILES string of the molecule is CCCCC(O)CCCCC(=O)NCCC[Si](OC)(OC)OC. The van der Waals surface area contributed by atoms with Crippen LogP contribution in [0.5, 0.6) is 0 Å². The van der Waals surface area contributed by atoms with E-state index in [-0.39, 0.29) is 12.0 Å². The lowest BCUT2D eigenvalue weighted by Crippen LogP contribution is -2.43. The minimum atomic E-state index is -2.52. The third-order valence-electron chi connectivity index (χ3n) is 4.00. The first-order valence-electron chi connectivity index (χ1n) is 8.63. The Morgan fingerprint density at radius 2 is 1.65 bits per heavy atom. The average Bonchev–Trinajstić information content (AvgIpc) is 2.57. The third kappa shape index (κ3) is 10.8. The Labute approximate surface area is 142 Å². The monoisotopic (exact) mass is 349 g/mol. The van der Waals surface area contributed by atoms with E-state index in [0.29, 0.717) is 19.0 Å². The number of rotatable bonds is 15. The molecule has 0 aromatic heterocycles. The summed E-state index contributed by atoms with van der Waals surface area (Å²) in [4.78, 5) is 11.7. The summed E-state index contributed by atoms with van der Waals surface area (Å²) in [6.45, 7) is 2.72. The quantitative estimate of drug-likeness (QED) is 0.351. The van der Waals surface area contributed by atoms with Crippen molar-refractivity contribution in [2.45, 2.75) is 70.4 Å². The van der Waals surface area contributed by atoms with Crippen LogP contribution in [0.4, 0.5) is 0 Å². The molecule has 0 aliphatic rings. The van der Waals surface area contributed by atoms with Crippen molar-refractivity contribution in [3.8, 4) is 0 Å². The van der Waals surface area contributed by atoms with Gasteiger partial charge < -0.3 is 23.7 Å². The molecule has 1 amide bonds. The number of hydrogen-bond acceptors (Lipinski definition) is 5. The van der Waals surface area contributed by atoms with Gasteiger partial charge in [0.05, 0.1) is 6.10 Å². The number of carbonyl (C=O) groups excluding carboxylic acids is 1. The van der Waals surface area contributed by atoms with E-state index in [1.54, 1.807) is 21.3 Å². The highest BCUT2D eigenvalue weighted by atomic mass is 28.4. The molecule has 0 saturated carbocycles. The first kappa shape index (κ1) is 22.5. The Balaban J connectivity index is 3.64. The predicted molar refractivity (Wildman–Crippen MR) is 93.2 cm³/mol. The lowest BCUT2D eigenvalue weighted by atomic mass is 10.1. The zero-order valence-electron chi connectivity index (χ0n) is 15.2. The summed E-state index contributed by atoms with van der Waals surface area (Å²) in [7, 11) is 2.25. The van der Waals surface area contributed by atoms with Gasteiger partial charge in [0.1, 0.15) is 0 Å². The first-order chi connectivity index (χ1) is 11.0. The number of unbranched alkanes of at least 4 members (excludes halogenated alkanes) is 2. The third-order valence-corrected chi connectivity index (χ3v) is 6.83. The van der Waals surface area contributed by atoms with E-state index < -0.39 is 8.80 Å². The summed E-state index contributed by atoms with van der Waals surface area (Å²) in [5.41, 5.74) is 0. The number of nitrogens with one attached hydrogen (secondary N) is 1. The molecule has 0 heterocycles. The first-order valence-corrected chi connectivity index (χ1v) is 10.6. The van der Waals surface area contributed by atoms with Crippen molar-refractivity contribution < 1.29 is 23.2 Å². The van der Waals surface area contributed by atoms with Gasteiger partial charge in [-0.05, 0) is 25.7 Å². The number of carbonyl (C=O) groups is 1. The Bertz CT molecular complexity index is 292. The van der Waals surface area contributed by atoms with Crippen LogP contribution in [0, 0.1) is 0 Å². The highest BCUT2D eigenvalue weighted by molar-refractivity contribution is 6.60. The minimum absolute atomic E-state index is 0.0626. The second-order valence-electron chi connectivity index (χ2n) is 5.79. The molecule has 0 spiro atoms. The maximum atomic E-state index is 11.7. The summed E-state index contributed by atoms with van der Waals surface area (Å²) in [5, 5.41) is 12.6. The molecule has 0 aliphatic heterocycles. The zero-order valence-corrected chi connectivity index (χ0v) is 16.2. The minimum Gasteiger partial charge on any atom is -0.393 e. The molecule has 6 nitrogen and oxygen atoms in total. The molecule has 0 aromatic carbocycles. The normalized spacial score (nSPS) is 13.1. The molecule has 7 heteroatoms. The summed E-state index contributed by atoms with van der Waals surface area (Å²) >= 11 is 0. The van der Waals surface area contributed by atoms with Gasteiger partial charge >= 0.3 is 8.80 Å². The second-order valence-corrected chi connectivity index (χ2v) is 8.88. The molecule has 0 radical (unpaired) electrons. The van der Waals surface area contributed by atoms with Gasteiger partial charge in [-0.2, -0.15) is 0 Å². The van der Waals surface area contributed by atoms with E-state index in [1.165, 1.54) is 0 Å². The molecule has 1 atom stereocenters. The van der Waals surface area contributed by atoms with E-state index in [9.17, 15) is 9.90 Å². The Kier molecular flexibility index (Phi) is 13.6. The maximum absolute atomic E-state index is 11.7. The van der Waals surface area contributed by atoms with Crippen molar-refractivity contribution in [2.24, 2.45) is 0 Å². The molecule has 0 fully saturated rings. The van der Waals surface area contributed by atoms with Gasteiger partial charge in [0, 0.05) is 40.3 Å². The molecule has 2 N–H and O–H groups in total. The van der Waals surface area contributed by atoms with E-state index in [4.69, 9.17) is 13.3 Å². The van der Waals surface area contributed by atoms with Crippen LogP contribution < -0.4 is 5.32 Å². The fraction of sp³-hybridized carbons (Fsp3) is 0.938. The van der Waals surface area contributed by atoms with Crippen molar-refractivity contribution in [3.05, 3.63) is 0 Å². The van der Waals surface area contributed by atoms with E-state index in [0.717, 1.165) is 44.9 Å². The number of aliphatic hydroxyl groups is 1. The van der Waals surface area contributed by atoms with Gasteiger partial charge in [0.15, 0.2) is 0 Å². The lowest BCUT2D eigenvalue weighted by molar-refractivity contribution is -0.121. The predicted octanol–water partition coefficient (Wildman–Crippen LogP) is 2.48. The van der Waals surface area contributed by atoms with Crippen LogP contribution in [0.25, 0.3) is 0 Å². The molecule has 0 aromatic rings. The molecule has 0 aliphatic carbocycles. The highest BCUT2D eigenvalue weighted by Gasteiger charge is 2.36. The van der Waals surface area contributed by atoms with Crippen molar-refractivity contribution in [2.75, 3.05) is 27.9 Å². The average molecular weight is 350 g/mol. The largest absolute Gasteiger partial charge is 0.500 e. The molecule has 23 heavy (non-hydrogen) atoms. The summed E-state index contributed by atoms with van der Waals surface area (Å²) in [6, 6.07) is 0.681. The van der Waals surface area contributed by atoms with Gasteiger partial charge in [0.25, 0.3) is 0 Å². The Morgan fingerprint density at radius 3 is 2.22 bits per heavy atom. The van der Waals surface area contributed by atoms with Crippen molar-refractivity contribution in [1.82, 2.24) is 5.32 Å². The standard InChI is InChI=1S/C16H35NO5Si/c1-5-6-10-15(18)11-7-8-12-16(19)17-13-9-14-23(20-2,21-3)22-4/h15,18H,5-14H2,1-4H3,(H,17,19). The van der Waals surface area contributed by atoms with E-state index in [2.05, 4.69) is 12.2 Å². The van der Waals surface area contributed by atoms with Crippen molar-refractivity contribution in [1.29, 1.82) is 0 Å². The van der Waals surface area contributed by atoms with Crippen molar-refractivity contribution >= 4 is 14.7 Å². The topological polar surface area (TPSA) is 77.0 Å². The van der Waals surface area contributed by atoms with Gasteiger partial charge in [-0.3, -0.25) is 4.79 Å². The summed E-state index contributed by atoms with van der Waals surface area (Å²) in [5.74, 6) is 0.0626. The van der Waals surface area contributed by atoms with Gasteiger partial charge in [-0.1, -0.05) is 26.2 Å². The van der Waals surface area contributed by atoms with Crippen LogP contribution in [0.2, 0.25) is 6.04 Å². The summed E-state index contributed by atoms with van der Waals surface area (Å²) in [6.07, 6.45) is 6.62. The van der Waals surface area contributed by atoms with Gasteiger partial charge in [0.2, 0.25) is 5.91 Å². The highest BCUT2D eigenvalue weighted by Crippen LogP contribution is 2.14. The molecule has 0 bridgehead atoms. The molecule has 1 unspecified atom stereocenters. The second kappa shape index (κ2) is 13.9. The lowest BCUT2D eigenvalue weighted by Gasteiger charge is -2.24. The van der Waals surface area contributed by atoms with Crippen LogP contribution in [0.15, 0.2) is 0 Å². The fourth-order valence-electron chi connectivity index (χ4n) is 2.43. The smallest absolute Gasteiger partial charge is 0.393 e. The van der Waals surface area contributed by atoms with Crippen LogP contribution in [-0.4, -0.2) is 53.8 Å². The van der Waals surface area contributed by atoms with Crippen molar-refractivity contribution in [3.63, 3.8) is 0 Å². The number of hydrogen-bond donors (Lipinski definition) is 2.